The first kappa shape index (κ1) is 15.6. The van der Waals surface area contributed by atoms with Crippen molar-refractivity contribution in [1.82, 2.24) is 4.98 Å². The van der Waals surface area contributed by atoms with E-state index in [1.165, 1.54) is 5.56 Å². The number of rotatable bonds is 4. The molecule has 1 heterocycles. The van der Waals surface area contributed by atoms with Gasteiger partial charge in [0.15, 0.2) is 0 Å². The van der Waals surface area contributed by atoms with Gasteiger partial charge in [0.1, 0.15) is 5.82 Å². The molecule has 0 saturated carbocycles. The lowest BCUT2D eigenvalue weighted by Gasteiger charge is -2.12. The SMILES string of the molecule is CC(c1ccccc1)c1ccc2c(C(N)=O)c(NC(N)=O)[nH]c2c1. The lowest BCUT2D eigenvalue weighted by Crippen LogP contribution is -2.22. The maximum absolute atomic E-state index is 11.7. The summed E-state index contributed by atoms with van der Waals surface area (Å²) in [6, 6.07) is 15.1. The molecule has 2 aromatic carbocycles. The molecule has 0 aliphatic rings. The number of hydrogen-bond acceptors (Lipinski definition) is 2. The average molecular weight is 322 g/mol. The number of nitrogens with one attached hydrogen (secondary N) is 2. The van der Waals surface area contributed by atoms with E-state index in [9.17, 15) is 9.59 Å². The summed E-state index contributed by atoms with van der Waals surface area (Å²) in [5.74, 6) is -0.230. The zero-order valence-electron chi connectivity index (χ0n) is 13.2. The van der Waals surface area contributed by atoms with Gasteiger partial charge in [-0.05, 0) is 17.2 Å². The van der Waals surface area contributed by atoms with Gasteiger partial charge in [-0.3, -0.25) is 10.1 Å². The molecule has 0 bridgehead atoms. The van der Waals surface area contributed by atoms with Gasteiger partial charge < -0.3 is 16.5 Å². The number of nitrogens with two attached hydrogens (primary N) is 2. The van der Waals surface area contributed by atoms with Crippen LogP contribution >= 0.6 is 0 Å². The Morgan fingerprint density at radius 2 is 1.75 bits per heavy atom. The van der Waals surface area contributed by atoms with Crippen molar-refractivity contribution in [3.63, 3.8) is 0 Å². The lowest BCUT2D eigenvalue weighted by molar-refractivity contribution is 0.100. The maximum Gasteiger partial charge on any atom is 0.317 e. The van der Waals surface area contributed by atoms with Crippen LogP contribution in [0.3, 0.4) is 0 Å². The van der Waals surface area contributed by atoms with Gasteiger partial charge in [0, 0.05) is 16.8 Å². The summed E-state index contributed by atoms with van der Waals surface area (Å²) in [5.41, 5.74) is 13.8. The molecular formula is C18H18N4O2. The van der Waals surface area contributed by atoms with Gasteiger partial charge in [-0.15, -0.1) is 0 Å². The zero-order chi connectivity index (χ0) is 17.3. The van der Waals surface area contributed by atoms with Crippen molar-refractivity contribution in [1.29, 1.82) is 0 Å². The molecule has 0 aliphatic carbocycles. The number of amides is 3. The first-order valence-electron chi connectivity index (χ1n) is 7.54. The second-order valence-electron chi connectivity index (χ2n) is 5.67. The molecule has 3 amide bonds. The molecule has 6 nitrogen and oxygen atoms in total. The van der Waals surface area contributed by atoms with E-state index in [4.69, 9.17) is 11.5 Å². The fourth-order valence-corrected chi connectivity index (χ4v) is 2.89. The molecule has 122 valence electrons. The first-order chi connectivity index (χ1) is 11.5. The van der Waals surface area contributed by atoms with Crippen LogP contribution in [0, 0.1) is 0 Å². The van der Waals surface area contributed by atoms with Crippen molar-refractivity contribution in [2.45, 2.75) is 12.8 Å². The molecule has 0 aliphatic heterocycles. The summed E-state index contributed by atoms with van der Waals surface area (Å²) in [6.07, 6.45) is 0. The fraction of sp³-hybridized carbons (Fsp3) is 0.111. The van der Waals surface area contributed by atoms with Crippen LogP contribution in [0.1, 0.15) is 34.3 Å². The van der Waals surface area contributed by atoms with Crippen LogP contribution in [0.25, 0.3) is 10.9 Å². The predicted molar refractivity (Wildman–Crippen MR) is 94.0 cm³/mol. The third-order valence-corrected chi connectivity index (χ3v) is 4.12. The minimum Gasteiger partial charge on any atom is -0.365 e. The van der Waals surface area contributed by atoms with E-state index in [0.29, 0.717) is 10.9 Å². The third kappa shape index (κ3) is 2.81. The van der Waals surface area contributed by atoms with E-state index in [1.54, 1.807) is 0 Å². The minimum atomic E-state index is -0.762. The highest BCUT2D eigenvalue weighted by atomic mass is 16.2. The number of benzene rings is 2. The second kappa shape index (κ2) is 6.08. The molecule has 24 heavy (non-hydrogen) atoms. The van der Waals surface area contributed by atoms with Crippen molar-refractivity contribution in [2.75, 3.05) is 5.32 Å². The van der Waals surface area contributed by atoms with Gasteiger partial charge in [0.05, 0.1) is 5.56 Å². The normalized spacial score (nSPS) is 12.0. The fourth-order valence-electron chi connectivity index (χ4n) is 2.89. The van der Waals surface area contributed by atoms with Crippen LogP contribution < -0.4 is 16.8 Å². The Bertz CT molecular complexity index is 915. The molecule has 0 fully saturated rings. The number of carbonyl (C=O) groups is 2. The molecule has 1 aromatic heterocycles. The Balaban J connectivity index is 2.08. The van der Waals surface area contributed by atoms with Gasteiger partial charge in [-0.1, -0.05) is 49.4 Å². The molecule has 0 spiro atoms. The molecule has 3 rings (SSSR count). The Morgan fingerprint density at radius 3 is 2.38 bits per heavy atom. The maximum atomic E-state index is 11.7. The molecule has 6 N–H and O–H groups in total. The van der Waals surface area contributed by atoms with Crippen LogP contribution in [0.5, 0.6) is 0 Å². The number of carbonyl (C=O) groups excluding carboxylic acids is 2. The molecule has 6 heteroatoms. The number of anilines is 1. The Hall–Kier alpha value is -3.28. The zero-order valence-corrected chi connectivity index (χ0v) is 13.2. The molecular weight excluding hydrogens is 304 g/mol. The summed E-state index contributed by atoms with van der Waals surface area (Å²) in [4.78, 5) is 25.9. The largest absolute Gasteiger partial charge is 0.365 e. The Morgan fingerprint density at radius 1 is 1.04 bits per heavy atom. The van der Waals surface area contributed by atoms with E-state index in [0.717, 1.165) is 5.56 Å². The van der Waals surface area contributed by atoms with Crippen LogP contribution in [0.2, 0.25) is 0 Å². The first-order valence-corrected chi connectivity index (χ1v) is 7.54. The topological polar surface area (TPSA) is 114 Å². The number of fused-ring (bicyclic) bond motifs is 1. The third-order valence-electron chi connectivity index (χ3n) is 4.12. The molecule has 0 saturated heterocycles. The monoisotopic (exact) mass is 322 g/mol. The van der Waals surface area contributed by atoms with E-state index < -0.39 is 11.9 Å². The van der Waals surface area contributed by atoms with Crippen molar-refractivity contribution in [3.8, 4) is 0 Å². The van der Waals surface area contributed by atoms with Crippen LogP contribution in [-0.2, 0) is 0 Å². The summed E-state index contributed by atoms with van der Waals surface area (Å²) in [5, 5.41) is 3.06. The van der Waals surface area contributed by atoms with Gasteiger partial charge in [-0.25, -0.2) is 4.79 Å². The molecule has 1 unspecified atom stereocenters. The van der Waals surface area contributed by atoms with E-state index in [2.05, 4.69) is 29.4 Å². The van der Waals surface area contributed by atoms with Crippen molar-refractivity contribution in [3.05, 3.63) is 65.2 Å². The Kier molecular flexibility index (Phi) is 3.95. The molecule has 0 radical (unpaired) electrons. The van der Waals surface area contributed by atoms with Crippen molar-refractivity contribution in [2.24, 2.45) is 11.5 Å². The van der Waals surface area contributed by atoms with E-state index in [1.807, 2.05) is 36.4 Å². The number of aromatic amines is 1. The lowest BCUT2D eigenvalue weighted by atomic mass is 9.92. The van der Waals surface area contributed by atoms with Crippen LogP contribution in [-0.4, -0.2) is 16.9 Å². The van der Waals surface area contributed by atoms with Crippen LogP contribution in [0.15, 0.2) is 48.5 Å². The number of primary amides is 2. The standard InChI is InChI=1S/C18H18N4O2/c1-10(11-5-3-2-4-6-11)12-7-8-13-14(9-12)21-17(22-18(20)24)15(13)16(19)23/h2-10,21H,1H3,(H2,19,23)(H3,20,22,24). The van der Waals surface area contributed by atoms with Crippen molar-refractivity contribution >= 4 is 28.7 Å². The minimum absolute atomic E-state index is 0.184. The van der Waals surface area contributed by atoms with Gasteiger partial charge in [0.2, 0.25) is 0 Å². The summed E-state index contributed by atoms with van der Waals surface area (Å²) < 4.78 is 0. The number of aromatic nitrogens is 1. The number of hydrogen-bond donors (Lipinski definition) is 4. The Labute approximate surface area is 138 Å². The quantitative estimate of drug-likeness (QED) is 0.591. The summed E-state index contributed by atoms with van der Waals surface area (Å²) in [7, 11) is 0. The molecule has 3 aromatic rings. The van der Waals surface area contributed by atoms with Crippen molar-refractivity contribution < 1.29 is 9.59 Å². The smallest absolute Gasteiger partial charge is 0.317 e. The number of H-pyrrole nitrogens is 1. The highest BCUT2D eigenvalue weighted by Gasteiger charge is 2.18. The summed E-state index contributed by atoms with van der Waals surface area (Å²) in [6.45, 7) is 2.11. The molecule has 1 atom stereocenters. The predicted octanol–water partition coefficient (Wildman–Crippen LogP) is 2.91. The highest BCUT2D eigenvalue weighted by Crippen LogP contribution is 2.31. The highest BCUT2D eigenvalue weighted by molar-refractivity contribution is 6.13. The van der Waals surface area contributed by atoms with Crippen LogP contribution in [0.4, 0.5) is 10.6 Å². The van der Waals surface area contributed by atoms with Gasteiger partial charge in [0.25, 0.3) is 5.91 Å². The van der Waals surface area contributed by atoms with Gasteiger partial charge in [-0.2, -0.15) is 0 Å². The second-order valence-corrected chi connectivity index (χ2v) is 5.67. The van der Waals surface area contributed by atoms with Gasteiger partial charge >= 0.3 is 6.03 Å². The average Bonchev–Trinajstić information content (AvgIpc) is 2.91. The number of urea groups is 1. The summed E-state index contributed by atoms with van der Waals surface area (Å²) >= 11 is 0. The van der Waals surface area contributed by atoms with E-state index in [-0.39, 0.29) is 17.3 Å². The van der Waals surface area contributed by atoms with E-state index >= 15 is 0 Å².